The Bertz CT molecular complexity index is 616. The standard InChI is InChI=1S/C12H12N4O3/c1-19-9-4-2-3-8(7-9)14-11-6-5-10(16(17)18)12(13)15-11/h2-7H,1H3,(H3,13,14,15). The number of anilines is 3. The average molecular weight is 260 g/mol. The molecule has 0 unspecified atom stereocenters. The van der Waals surface area contributed by atoms with E-state index >= 15 is 0 Å². The number of hydrogen-bond acceptors (Lipinski definition) is 6. The summed E-state index contributed by atoms with van der Waals surface area (Å²) in [6, 6.07) is 10.0. The second kappa shape index (κ2) is 5.21. The van der Waals surface area contributed by atoms with Crippen LogP contribution in [0.3, 0.4) is 0 Å². The smallest absolute Gasteiger partial charge is 0.311 e. The van der Waals surface area contributed by atoms with Gasteiger partial charge in [-0.05, 0) is 18.2 Å². The highest BCUT2D eigenvalue weighted by molar-refractivity contribution is 5.63. The van der Waals surface area contributed by atoms with Crippen LogP contribution in [-0.4, -0.2) is 17.0 Å². The van der Waals surface area contributed by atoms with Gasteiger partial charge in [0.15, 0.2) is 0 Å². The van der Waals surface area contributed by atoms with Crippen molar-refractivity contribution in [2.75, 3.05) is 18.2 Å². The Morgan fingerprint density at radius 2 is 2.16 bits per heavy atom. The first-order chi connectivity index (χ1) is 9.10. The van der Waals surface area contributed by atoms with E-state index in [1.54, 1.807) is 13.2 Å². The zero-order valence-corrected chi connectivity index (χ0v) is 10.2. The largest absolute Gasteiger partial charge is 0.497 e. The molecule has 0 bridgehead atoms. The summed E-state index contributed by atoms with van der Waals surface area (Å²) in [4.78, 5) is 14.0. The van der Waals surface area contributed by atoms with Gasteiger partial charge in [-0.25, -0.2) is 4.98 Å². The van der Waals surface area contributed by atoms with Crippen LogP contribution in [0.4, 0.5) is 23.0 Å². The first kappa shape index (κ1) is 12.6. The molecule has 98 valence electrons. The zero-order valence-electron chi connectivity index (χ0n) is 10.2. The van der Waals surface area contributed by atoms with Crippen molar-refractivity contribution in [3.63, 3.8) is 0 Å². The minimum atomic E-state index is -0.572. The lowest BCUT2D eigenvalue weighted by Gasteiger charge is -2.07. The van der Waals surface area contributed by atoms with Gasteiger partial charge in [0.1, 0.15) is 11.6 Å². The highest BCUT2D eigenvalue weighted by Gasteiger charge is 2.12. The second-order valence-electron chi connectivity index (χ2n) is 3.71. The summed E-state index contributed by atoms with van der Waals surface area (Å²) in [5, 5.41) is 13.6. The van der Waals surface area contributed by atoms with Gasteiger partial charge in [0, 0.05) is 17.8 Å². The normalized spacial score (nSPS) is 9.95. The van der Waals surface area contributed by atoms with E-state index < -0.39 is 4.92 Å². The highest BCUT2D eigenvalue weighted by atomic mass is 16.6. The molecule has 0 fully saturated rings. The Hall–Kier alpha value is -2.83. The van der Waals surface area contributed by atoms with Gasteiger partial charge in [-0.3, -0.25) is 10.1 Å². The number of nitrogen functional groups attached to an aromatic ring is 1. The van der Waals surface area contributed by atoms with E-state index in [0.29, 0.717) is 11.6 Å². The summed E-state index contributed by atoms with van der Waals surface area (Å²) in [6.07, 6.45) is 0. The average Bonchev–Trinajstić information content (AvgIpc) is 2.38. The molecule has 3 N–H and O–H groups in total. The zero-order chi connectivity index (χ0) is 13.8. The van der Waals surface area contributed by atoms with Crippen LogP contribution >= 0.6 is 0 Å². The topological polar surface area (TPSA) is 103 Å². The van der Waals surface area contributed by atoms with E-state index in [1.807, 2.05) is 18.2 Å². The lowest BCUT2D eigenvalue weighted by atomic mass is 10.3. The number of methoxy groups -OCH3 is 1. The number of nitrogens with two attached hydrogens (primary N) is 1. The van der Waals surface area contributed by atoms with Crippen molar-refractivity contribution in [2.24, 2.45) is 0 Å². The maximum atomic E-state index is 10.6. The quantitative estimate of drug-likeness (QED) is 0.645. The molecule has 0 saturated carbocycles. The van der Waals surface area contributed by atoms with Crippen molar-refractivity contribution in [3.05, 3.63) is 46.5 Å². The lowest BCUT2D eigenvalue weighted by Crippen LogP contribution is -2.01. The highest BCUT2D eigenvalue weighted by Crippen LogP contribution is 2.24. The number of benzene rings is 1. The molecule has 1 aromatic carbocycles. The van der Waals surface area contributed by atoms with Crippen molar-refractivity contribution >= 4 is 23.0 Å². The third-order valence-electron chi connectivity index (χ3n) is 2.44. The lowest BCUT2D eigenvalue weighted by molar-refractivity contribution is -0.384. The third-order valence-corrected chi connectivity index (χ3v) is 2.44. The second-order valence-corrected chi connectivity index (χ2v) is 3.71. The third kappa shape index (κ3) is 2.89. The molecule has 0 amide bonds. The van der Waals surface area contributed by atoms with Gasteiger partial charge in [0.25, 0.3) is 0 Å². The molecule has 0 saturated heterocycles. The summed E-state index contributed by atoms with van der Waals surface area (Å²) in [7, 11) is 1.57. The summed E-state index contributed by atoms with van der Waals surface area (Å²) in [6.45, 7) is 0. The number of hydrogen-bond donors (Lipinski definition) is 2. The number of ether oxygens (including phenoxy) is 1. The van der Waals surface area contributed by atoms with Crippen LogP contribution in [0.15, 0.2) is 36.4 Å². The van der Waals surface area contributed by atoms with Crippen LogP contribution in [0.5, 0.6) is 5.75 Å². The van der Waals surface area contributed by atoms with E-state index in [2.05, 4.69) is 10.3 Å². The Kier molecular flexibility index (Phi) is 3.46. The molecule has 1 aromatic heterocycles. The molecule has 0 aliphatic carbocycles. The van der Waals surface area contributed by atoms with E-state index in [9.17, 15) is 10.1 Å². The predicted octanol–water partition coefficient (Wildman–Crippen LogP) is 2.32. The summed E-state index contributed by atoms with van der Waals surface area (Å²) >= 11 is 0. The molecule has 2 rings (SSSR count). The van der Waals surface area contributed by atoms with E-state index in [-0.39, 0.29) is 11.5 Å². The van der Waals surface area contributed by atoms with Gasteiger partial charge in [-0.1, -0.05) is 6.07 Å². The Labute approximate surface area is 109 Å². The van der Waals surface area contributed by atoms with Crippen molar-refractivity contribution in [2.45, 2.75) is 0 Å². The number of nitrogens with zero attached hydrogens (tertiary/aromatic N) is 2. The molecule has 0 aliphatic heterocycles. The summed E-state index contributed by atoms with van der Waals surface area (Å²) in [5.74, 6) is 0.995. The van der Waals surface area contributed by atoms with E-state index in [0.717, 1.165) is 5.69 Å². The number of aromatic nitrogens is 1. The Morgan fingerprint density at radius 1 is 1.37 bits per heavy atom. The first-order valence-corrected chi connectivity index (χ1v) is 5.42. The molecule has 0 aliphatic rings. The number of pyridine rings is 1. The van der Waals surface area contributed by atoms with Crippen LogP contribution in [-0.2, 0) is 0 Å². The fraction of sp³-hybridized carbons (Fsp3) is 0.0833. The molecule has 0 atom stereocenters. The van der Waals surface area contributed by atoms with Crippen molar-refractivity contribution in [3.8, 4) is 5.75 Å². The fourth-order valence-electron chi connectivity index (χ4n) is 1.54. The maximum Gasteiger partial charge on any atom is 0.311 e. The Morgan fingerprint density at radius 3 is 2.79 bits per heavy atom. The number of nitro groups is 1. The molecular weight excluding hydrogens is 248 g/mol. The fourth-order valence-corrected chi connectivity index (χ4v) is 1.54. The van der Waals surface area contributed by atoms with Gasteiger partial charge >= 0.3 is 5.69 Å². The number of rotatable bonds is 4. The Balaban J connectivity index is 2.23. The van der Waals surface area contributed by atoms with Crippen molar-refractivity contribution < 1.29 is 9.66 Å². The van der Waals surface area contributed by atoms with Gasteiger partial charge in [-0.2, -0.15) is 0 Å². The first-order valence-electron chi connectivity index (χ1n) is 5.42. The van der Waals surface area contributed by atoms with Gasteiger partial charge in [0.05, 0.1) is 12.0 Å². The summed E-state index contributed by atoms with van der Waals surface area (Å²) in [5.41, 5.74) is 6.05. The molecule has 0 spiro atoms. The van der Waals surface area contributed by atoms with Crippen LogP contribution in [0.25, 0.3) is 0 Å². The summed E-state index contributed by atoms with van der Waals surface area (Å²) < 4.78 is 5.09. The predicted molar refractivity (Wildman–Crippen MR) is 71.6 cm³/mol. The van der Waals surface area contributed by atoms with Crippen LogP contribution in [0.2, 0.25) is 0 Å². The number of nitrogens with one attached hydrogen (secondary N) is 1. The van der Waals surface area contributed by atoms with Crippen LogP contribution in [0, 0.1) is 10.1 Å². The minimum absolute atomic E-state index is 0.127. The van der Waals surface area contributed by atoms with Gasteiger partial charge in [0.2, 0.25) is 5.82 Å². The SMILES string of the molecule is COc1cccc(Nc2ccc([N+](=O)[O-])c(N)n2)c1. The monoisotopic (exact) mass is 260 g/mol. The van der Waals surface area contributed by atoms with Gasteiger partial charge < -0.3 is 15.8 Å². The van der Waals surface area contributed by atoms with Crippen molar-refractivity contribution in [1.29, 1.82) is 0 Å². The van der Waals surface area contributed by atoms with Crippen molar-refractivity contribution in [1.82, 2.24) is 4.98 Å². The van der Waals surface area contributed by atoms with Gasteiger partial charge in [-0.15, -0.1) is 0 Å². The molecule has 0 radical (unpaired) electrons. The molecule has 19 heavy (non-hydrogen) atoms. The van der Waals surface area contributed by atoms with E-state index in [1.165, 1.54) is 12.1 Å². The molecular formula is C12H12N4O3. The van der Waals surface area contributed by atoms with E-state index in [4.69, 9.17) is 10.5 Å². The van der Waals surface area contributed by atoms with Crippen LogP contribution in [0.1, 0.15) is 0 Å². The molecule has 7 nitrogen and oxygen atoms in total. The molecule has 2 aromatic rings. The molecule has 7 heteroatoms. The van der Waals surface area contributed by atoms with Crippen LogP contribution < -0.4 is 15.8 Å². The molecule has 1 heterocycles. The maximum absolute atomic E-state index is 10.6. The minimum Gasteiger partial charge on any atom is -0.497 e.